The SMILES string of the molecule is CCCCCCCCCC/C=C/CCCCCOC(=O)c1cccc(S(=O)(=O)O)c1C(=O)OCCCCC/C=C/CCCCCCCCCC. The van der Waals surface area contributed by atoms with Gasteiger partial charge in [-0.2, -0.15) is 8.42 Å². The third-order valence-electron chi connectivity index (χ3n) is 9.01. The van der Waals surface area contributed by atoms with E-state index in [1.165, 1.54) is 115 Å². The van der Waals surface area contributed by atoms with Crippen molar-refractivity contribution in [2.24, 2.45) is 0 Å². The van der Waals surface area contributed by atoms with Crippen LogP contribution in [0.15, 0.2) is 47.4 Å². The lowest BCUT2D eigenvalue weighted by Gasteiger charge is -2.12. The van der Waals surface area contributed by atoms with E-state index >= 15 is 0 Å². The minimum Gasteiger partial charge on any atom is -0.462 e. The van der Waals surface area contributed by atoms with Crippen molar-refractivity contribution in [3.8, 4) is 0 Å². The maximum Gasteiger partial charge on any atom is 0.340 e. The molecule has 7 nitrogen and oxygen atoms in total. The van der Waals surface area contributed by atoms with Gasteiger partial charge in [-0.15, -0.1) is 0 Å². The molecule has 0 atom stereocenters. The number of benzene rings is 1. The van der Waals surface area contributed by atoms with E-state index in [0.717, 1.165) is 57.4 Å². The largest absolute Gasteiger partial charge is 0.462 e. The Morgan fingerprint density at radius 1 is 0.540 bits per heavy atom. The molecule has 0 aliphatic heterocycles. The Morgan fingerprint density at radius 2 is 0.900 bits per heavy atom. The molecule has 0 bridgehead atoms. The fraction of sp³-hybridized carbons (Fsp3) is 0.714. The molecule has 50 heavy (non-hydrogen) atoms. The van der Waals surface area contributed by atoms with Crippen LogP contribution in [-0.2, 0) is 19.6 Å². The molecule has 0 saturated carbocycles. The van der Waals surface area contributed by atoms with E-state index in [2.05, 4.69) is 38.2 Å². The Labute approximate surface area is 305 Å². The summed E-state index contributed by atoms with van der Waals surface area (Å²) < 4.78 is 44.6. The van der Waals surface area contributed by atoms with Gasteiger partial charge in [0.15, 0.2) is 0 Å². The number of esters is 2. The van der Waals surface area contributed by atoms with Crippen molar-refractivity contribution < 1.29 is 32.0 Å². The van der Waals surface area contributed by atoms with Crippen LogP contribution < -0.4 is 0 Å². The molecule has 8 heteroatoms. The van der Waals surface area contributed by atoms with Gasteiger partial charge < -0.3 is 9.47 Å². The lowest BCUT2D eigenvalue weighted by atomic mass is 10.1. The highest BCUT2D eigenvalue weighted by Crippen LogP contribution is 2.23. The first-order valence-corrected chi connectivity index (χ1v) is 21.5. The normalized spacial score (nSPS) is 11.9. The molecule has 0 amide bonds. The van der Waals surface area contributed by atoms with Gasteiger partial charge in [0.25, 0.3) is 10.1 Å². The average Bonchev–Trinajstić information content (AvgIpc) is 3.10. The highest BCUT2D eigenvalue weighted by molar-refractivity contribution is 7.86. The number of carbonyl (C=O) groups excluding carboxylic acids is 2. The quantitative estimate of drug-likeness (QED) is 0.0333. The summed E-state index contributed by atoms with van der Waals surface area (Å²) in [5.74, 6) is -1.78. The topological polar surface area (TPSA) is 107 Å². The van der Waals surface area contributed by atoms with Crippen LogP contribution >= 0.6 is 0 Å². The maximum atomic E-state index is 13.0. The molecule has 0 unspecified atom stereocenters. The summed E-state index contributed by atoms with van der Waals surface area (Å²) in [6.07, 6.45) is 39.2. The molecule has 0 saturated heterocycles. The molecule has 0 radical (unpaired) electrons. The van der Waals surface area contributed by atoms with Crippen LogP contribution in [0.2, 0.25) is 0 Å². The van der Waals surface area contributed by atoms with E-state index < -0.39 is 32.5 Å². The molecule has 0 aliphatic rings. The van der Waals surface area contributed by atoms with E-state index in [9.17, 15) is 22.6 Å². The van der Waals surface area contributed by atoms with Crippen molar-refractivity contribution in [3.63, 3.8) is 0 Å². The van der Waals surface area contributed by atoms with Crippen LogP contribution in [0.25, 0.3) is 0 Å². The molecule has 1 rings (SSSR count). The fourth-order valence-electron chi connectivity index (χ4n) is 5.95. The Bertz CT molecular complexity index is 1170. The highest BCUT2D eigenvalue weighted by Gasteiger charge is 2.28. The summed E-state index contributed by atoms with van der Waals surface area (Å²) in [7, 11) is -4.77. The number of carbonyl (C=O) groups is 2. The number of rotatable bonds is 33. The molecule has 1 aromatic carbocycles. The number of hydrogen-bond acceptors (Lipinski definition) is 6. The van der Waals surface area contributed by atoms with Gasteiger partial charge in [-0.05, 0) is 89.2 Å². The molecular formula is C42H70O7S. The van der Waals surface area contributed by atoms with Crippen molar-refractivity contribution in [1.29, 1.82) is 0 Å². The molecule has 1 N–H and O–H groups in total. The fourth-order valence-corrected chi connectivity index (χ4v) is 6.65. The summed E-state index contributed by atoms with van der Waals surface area (Å²) in [4.78, 5) is 25.2. The van der Waals surface area contributed by atoms with Gasteiger partial charge in [0.2, 0.25) is 0 Å². The third kappa shape index (κ3) is 23.9. The number of allylic oxidation sites excluding steroid dienone is 4. The van der Waals surface area contributed by atoms with E-state index in [1.807, 2.05) is 0 Å². The van der Waals surface area contributed by atoms with Crippen LogP contribution in [0.4, 0.5) is 0 Å². The summed E-state index contributed by atoms with van der Waals surface area (Å²) in [6.45, 7) is 4.73. The van der Waals surface area contributed by atoms with Crippen molar-refractivity contribution in [1.82, 2.24) is 0 Å². The molecule has 0 aromatic heterocycles. The molecular weight excluding hydrogens is 649 g/mol. The number of unbranched alkanes of at least 4 members (excludes halogenated alkanes) is 22. The van der Waals surface area contributed by atoms with E-state index in [1.54, 1.807) is 0 Å². The Hall–Kier alpha value is -2.45. The summed E-state index contributed by atoms with van der Waals surface area (Å²) in [5, 5.41) is 0. The van der Waals surface area contributed by atoms with Gasteiger partial charge in [0.05, 0.1) is 24.3 Å². The van der Waals surface area contributed by atoms with Crippen molar-refractivity contribution >= 4 is 22.1 Å². The van der Waals surface area contributed by atoms with Crippen LogP contribution in [0, 0.1) is 0 Å². The van der Waals surface area contributed by atoms with Gasteiger partial charge >= 0.3 is 11.9 Å². The average molecular weight is 719 g/mol. The zero-order chi connectivity index (χ0) is 36.5. The second-order valence-electron chi connectivity index (χ2n) is 13.6. The Kier molecular flexibility index (Phi) is 28.5. The minimum absolute atomic E-state index is 0.0860. The van der Waals surface area contributed by atoms with Gasteiger partial charge in [0, 0.05) is 0 Å². The minimum atomic E-state index is -4.77. The summed E-state index contributed by atoms with van der Waals surface area (Å²) in [5.41, 5.74) is -0.707. The standard InChI is InChI=1S/C42H70O7S/c1-3-5-7-9-11-13-15-17-19-21-23-25-27-29-31-36-48-41(43)38-34-33-35-39(50(45,46)47)40(38)42(44)49-37-32-30-28-26-24-22-20-18-16-14-12-10-8-6-4-2/h21-24,33-35H,3-20,25-32,36-37H2,1-2H3,(H,45,46,47)/b23-21+,24-22+. The van der Waals surface area contributed by atoms with Crippen molar-refractivity contribution in [2.45, 2.75) is 186 Å². The first kappa shape index (κ1) is 45.6. The number of ether oxygens (including phenoxy) is 2. The highest BCUT2D eigenvalue weighted by atomic mass is 32.2. The molecule has 0 spiro atoms. The van der Waals surface area contributed by atoms with Crippen LogP contribution in [0.5, 0.6) is 0 Å². The zero-order valence-corrected chi connectivity index (χ0v) is 32.5. The molecule has 0 heterocycles. The summed E-state index contributed by atoms with van der Waals surface area (Å²) in [6, 6.07) is 3.72. The predicted octanol–water partition coefficient (Wildman–Crippen LogP) is 12.5. The van der Waals surface area contributed by atoms with E-state index in [0.29, 0.717) is 12.8 Å². The third-order valence-corrected chi connectivity index (χ3v) is 9.90. The second kappa shape index (κ2) is 31.3. The second-order valence-corrected chi connectivity index (χ2v) is 15.0. The maximum absolute atomic E-state index is 13.0. The van der Waals surface area contributed by atoms with Crippen LogP contribution in [-0.4, -0.2) is 38.1 Å². The van der Waals surface area contributed by atoms with Gasteiger partial charge in [-0.1, -0.05) is 134 Å². The zero-order valence-electron chi connectivity index (χ0n) is 31.6. The van der Waals surface area contributed by atoms with Crippen molar-refractivity contribution in [2.75, 3.05) is 13.2 Å². The van der Waals surface area contributed by atoms with Crippen molar-refractivity contribution in [3.05, 3.63) is 53.6 Å². The Morgan fingerprint density at radius 3 is 1.30 bits per heavy atom. The molecule has 0 fully saturated rings. The van der Waals surface area contributed by atoms with Gasteiger partial charge in [-0.3, -0.25) is 4.55 Å². The summed E-state index contributed by atoms with van der Waals surface area (Å²) >= 11 is 0. The lowest BCUT2D eigenvalue weighted by molar-refractivity contribution is 0.0447. The lowest BCUT2D eigenvalue weighted by Crippen LogP contribution is -2.19. The van der Waals surface area contributed by atoms with E-state index in [-0.39, 0.29) is 18.8 Å². The van der Waals surface area contributed by atoms with Gasteiger partial charge in [0.1, 0.15) is 4.90 Å². The molecule has 1 aromatic rings. The molecule has 0 aliphatic carbocycles. The van der Waals surface area contributed by atoms with Crippen LogP contribution in [0.1, 0.15) is 202 Å². The smallest absolute Gasteiger partial charge is 0.340 e. The first-order chi connectivity index (χ1) is 24.3. The molecule has 286 valence electrons. The monoisotopic (exact) mass is 718 g/mol. The van der Waals surface area contributed by atoms with Crippen LogP contribution in [0.3, 0.4) is 0 Å². The predicted molar refractivity (Wildman–Crippen MR) is 206 cm³/mol. The van der Waals surface area contributed by atoms with E-state index in [4.69, 9.17) is 9.47 Å². The first-order valence-electron chi connectivity index (χ1n) is 20.1. The number of hydrogen-bond donors (Lipinski definition) is 1. The van der Waals surface area contributed by atoms with Gasteiger partial charge in [-0.25, -0.2) is 9.59 Å². The Balaban J connectivity index is 2.33.